The minimum absolute atomic E-state index is 0.0394. The molecule has 3 N–H and O–H groups in total. The Morgan fingerprint density at radius 3 is 2.02 bits per heavy atom. The summed E-state index contributed by atoms with van der Waals surface area (Å²) in [6.45, 7) is 12.7. The van der Waals surface area contributed by atoms with Crippen molar-refractivity contribution in [2.24, 2.45) is 11.8 Å². The van der Waals surface area contributed by atoms with E-state index >= 15 is 4.79 Å². The van der Waals surface area contributed by atoms with Gasteiger partial charge in [0.2, 0.25) is 17.7 Å². The number of aldehydes is 1. The van der Waals surface area contributed by atoms with Crippen LogP contribution >= 0.6 is 0 Å². The van der Waals surface area contributed by atoms with E-state index in [1.165, 1.54) is 13.0 Å². The number of nitrogens with one attached hydrogen (secondary N) is 3. The van der Waals surface area contributed by atoms with Gasteiger partial charge in [-0.1, -0.05) is 88.4 Å². The quantitative estimate of drug-likeness (QED) is 0.0406. The highest BCUT2D eigenvalue weighted by Gasteiger charge is 2.54. The Morgan fingerprint density at radius 2 is 1.43 bits per heavy atom. The number of carbonyl (C=O) groups is 7. The molecular weight excluding hydrogens is 831 g/mol. The van der Waals surface area contributed by atoms with E-state index in [1.54, 1.807) is 19.1 Å². The van der Waals surface area contributed by atoms with E-state index in [9.17, 15) is 28.8 Å². The SMILES string of the molecule is CC(=O)Oc1ccc(C[N+]2(CC(=O)N(C(=O)[C@@]3(C)CO3)[C@@H](CCc3ccccc3)C(=O)N[C@@H](CC(C)C)C(=O)N[C@@H](Cc3ccccc3)C(=O)NCCC(C)C)CCOCC2)cc1C=O. The number of morpholine rings is 1. The molecule has 15 nitrogen and oxygen atoms in total. The van der Waals surface area contributed by atoms with Gasteiger partial charge in [-0.2, -0.15) is 0 Å². The van der Waals surface area contributed by atoms with Crippen molar-refractivity contribution in [3.05, 3.63) is 101 Å². The van der Waals surface area contributed by atoms with Gasteiger partial charge in [-0.05, 0) is 73.8 Å². The minimum Gasteiger partial charge on any atom is -0.426 e. The van der Waals surface area contributed by atoms with Gasteiger partial charge in [-0.25, -0.2) is 0 Å². The van der Waals surface area contributed by atoms with Gasteiger partial charge < -0.3 is 34.6 Å². The van der Waals surface area contributed by atoms with E-state index < -0.39 is 53.3 Å². The maximum atomic E-state index is 15.1. The summed E-state index contributed by atoms with van der Waals surface area (Å²) in [5.74, 6) is -3.06. The second-order valence-corrected chi connectivity index (χ2v) is 18.3. The fourth-order valence-corrected chi connectivity index (χ4v) is 8.04. The number of benzene rings is 3. The summed E-state index contributed by atoms with van der Waals surface area (Å²) in [6, 6.07) is 20.2. The molecule has 350 valence electrons. The molecule has 2 heterocycles. The third kappa shape index (κ3) is 14.9. The van der Waals surface area contributed by atoms with Crippen LogP contribution in [0.15, 0.2) is 78.9 Å². The first-order chi connectivity index (χ1) is 31.0. The fraction of sp³-hybridized carbons (Fsp3) is 0.500. The Morgan fingerprint density at radius 1 is 0.800 bits per heavy atom. The first kappa shape index (κ1) is 50.2. The standard InChI is InChI=1S/C50H65N5O10/c1-34(2)21-22-51-46(59)42(29-38-15-11-8-12-16-38)52-47(60)41(27-35(3)4)53-48(61)43(19-17-37-13-9-7-10-14-37)54(49(62)50(6)33-64-50)45(58)31-55(23-25-63-26-24-55)30-39-18-20-44(65-36(5)57)40(28-39)32-56/h7-16,18,20,28,32,34-35,41-43H,17,19,21-27,29-31,33H2,1-6H3,(H2-,51,52,53,59,60,61)/p+1/t41-,42-,43-,50+/m0/s1. The van der Waals surface area contributed by atoms with Crippen LogP contribution in [0.4, 0.5) is 0 Å². The van der Waals surface area contributed by atoms with Crippen molar-refractivity contribution in [2.75, 3.05) is 46.0 Å². The van der Waals surface area contributed by atoms with Gasteiger partial charge in [0.1, 0.15) is 43.5 Å². The van der Waals surface area contributed by atoms with E-state index in [-0.39, 0.29) is 66.6 Å². The average molecular weight is 897 g/mol. The molecule has 2 saturated heterocycles. The predicted octanol–water partition coefficient (Wildman–Crippen LogP) is 4.34. The van der Waals surface area contributed by atoms with Gasteiger partial charge in [0.25, 0.3) is 11.8 Å². The van der Waals surface area contributed by atoms with E-state index in [4.69, 9.17) is 14.2 Å². The van der Waals surface area contributed by atoms with E-state index in [0.717, 1.165) is 22.4 Å². The third-order valence-electron chi connectivity index (χ3n) is 11.8. The number of ether oxygens (including phenoxy) is 3. The highest BCUT2D eigenvalue weighted by Crippen LogP contribution is 2.31. The second kappa shape index (κ2) is 23.4. The van der Waals surface area contributed by atoms with Gasteiger partial charge in [0, 0.05) is 25.5 Å². The molecule has 65 heavy (non-hydrogen) atoms. The molecule has 0 bridgehead atoms. The zero-order valence-electron chi connectivity index (χ0n) is 38.6. The van der Waals surface area contributed by atoms with Gasteiger partial charge in [-0.3, -0.25) is 38.5 Å². The number of rotatable bonds is 23. The number of amides is 5. The predicted molar refractivity (Wildman–Crippen MR) is 243 cm³/mol. The van der Waals surface area contributed by atoms with Crippen LogP contribution in [0.3, 0.4) is 0 Å². The van der Waals surface area contributed by atoms with Crippen LogP contribution in [0, 0.1) is 11.8 Å². The van der Waals surface area contributed by atoms with Gasteiger partial charge in [0.05, 0.1) is 25.4 Å². The summed E-state index contributed by atoms with van der Waals surface area (Å²) in [4.78, 5) is 97.5. The molecule has 4 atom stereocenters. The lowest BCUT2D eigenvalue weighted by atomic mass is 9.98. The van der Waals surface area contributed by atoms with Gasteiger partial charge in [-0.15, -0.1) is 0 Å². The first-order valence-electron chi connectivity index (χ1n) is 22.7. The monoisotopic (exact) mass is 896 g/mol. The van der Waals surface area contributed by atoms with Gasteiger partial charge >= 0.3 is 5.97 Å². The smallest absolute Gasteiger partial charge is 0.308 e. The molecule has 3 aromatic rings. The fourth-order valence-electron chi connectivity index (χ4n) is 8.04. The number of hydrogen-bond acceptors (Lipinski definition) is 10. The van der Waals surface area contributed by atoms with Crippen molar-refractivity contribution < 1.29 is 52.3 Å². The Balaban J connectivity index is 1.47. The molecule has 0 spiro atoms. The summed E-state index contributed by atoms with van der Waals surface area (Å²) in [5, 5.41) is 8.82. The lowest BCUT2D eigenvalue weighted by Crippen LogP contribution is -2.64. The normalized spacial score (nSPS) is 17.8. The summed E-state index contributed by atoms with van der Waals surface area (Å²) >= 11 is 0. The summed E-state index contributed by atoms with van der Waals surface area (Å²) in [6.07, 6.45) is 2.14. The third-order valence-corrected chi connectivity index (χ3v) is 11.8. The van der Waals surface area contributed by atoms with Crippen molar-refractivity contribution in [3.63, 3.8) is 0 Å². The van der Waals surface area contributed by atoms with Crippen molar-refractivity contribution >= 4 is 41.8 Å². The molecule has 3 aromatic carbocycles. The number of epoxide rings is 1. The molecule has 5 rings (SSSR count). The van der Waals surface area contributed by atoms with Crippen LogP contribution in [0.1, 0.15) is 87.9 Å². The van der Waals surface area contributed by atoms with Crippen LogP contribution in [0.25, 0.3) is 0 Å². The molecule has 0 radical (unpaired) electrons. The summed E-state index contributed by atoms with van der Waals surface area (Å²) in [7, 11) is 0. The van der Waals surface area contributed by atoms with Crippen LogP contribution in [0.2, 0.25) is 0 Å². The van der Waals surface area contributed by atoms with E-state index in [2.05, 4.69) is 29.8 Å². The van der Waals surface area contributed by atoms with Crippen LogP contribution in [0.5, 0.6) is 5.75 Å². The first-order valence-corrected chi connectivity index (χ1v) is 22.7. The van der Waals surface area contributed by atoms with E-state index in [1.807, 2.05) is 74.5 Å². The Kier molecular flexibility index (Phi) is 18.1. The van der Waals surface area contributed by atoms with Crippen LogP contribution < -0.4 is 20.7 Å². The number of hydrogen-bond donors (Lipinski definition) is 3. The lowest BCUT2D eigenvalue weighted by Gasteiger charge is -2.42. The topological polar surface area (TPSA) is 190 Å². The number of esters is 1. The van der Waals surface area contributed by atoms with Crippen LogP contribution in [-0.2, 0) is 57.6 Å². The second-order valence-electron chi connectivity index (χ2n) is 18.3. The highest BCUT2D eigenvalue weighted by molar-refractivity contribution is 6.05. The Labute approximate surface area is 382 Å². The van der Waals surface area contributed by atoms with E-state index in [0.29, 0.717) is 57.0 Å². The lowest BCUT2D eigenvalue weighted by molar-refractivity contribution is -0.940. The minimum atomic E-state index is -1.36. The van der Waals surface area contributed by atoms with Crippen molar-refractivity contribution in [2.45, 2.75) is 104 Å². The molecule has 0 aliphatic carbocycles. The van der Waals surface area contributed by atoms with Crippen molar-refractivity contribution in [3.8, 4) is 5.75 Å². The zero-order chi connectivity index (χ0) is 47.1. The molecule has 2 aliphatic heterocycles. The largest absolute Gasteiger partial charge is 0.426 e. The van der Waals surface area contributed by atoms with Gasteiger partial charge in [0.15, 0.2) is 18.4 Å². The summed E-state index contributed by atoms with van der Waals surface area (Å²) < 4.78 is 16.7. The highest BCUT2D eigenvalue weighted by atomic mass is 16.6. The average Bonchev–Trinajstić information content (AvgIpc) is 4.03. The maximum Gasteiger partial charge on any atom is 0.308 e. The Bertz CT molecular complexity index is 2120. The maximum absolute atomic E-state index is 15.1. The molecule has 2 fully saturated rings. The molecule has 15 heteroatoms. The zero-order valence-corrected chi connectivity index (χ0v) is 38.6. The van der Waals surface area contributed by atoms with Crippen molar-refractivity contribution in [1.29, 1.82) is 0 Å². The molecule has 0 saturated carbocycles. The molecule has 5 amide bonds. The van der Waals surface area contributed by atoms with Crippen LogP contribution in [-0.4, -0.2) is 121 Å². The Hall–Kier alpha value is -5.77. The number of imide groups is 1. The summed E-state index contributed by atoms with van der Waals surface area (Å²) in [5.41, 5.74) is 1.23. The number of quaternary nitrogens is 1. The number of carbonyl (C=O) groups excluding carboxylic acids is 7. The van der Waals surface area contributed by atoms with Crippen molar-refractivity contribution in [1.82, 2.24) is 20.9 Å². The molecule has 2 aliphatic rings. The molecular formula is C50H66N5O10+. The number of aryl methyl sites for hydroxylation is 1. The number of nitrogens with zero attached hydrogens (tertiary/aromatic N) is 2. The molecule has 0 unspecified atom stereocenters. The molecule has 0 aromatic heterocycles.